The van der Waals surface area contributed by atoms with E-state index in [-0.39, 0.29) is 11.8 Å². The third-order valence-corrected chi connectivity index (χ3v) is 13.8. The average Bonchev–Trinajstić information content (AvgIpc) is 3.95. The summed E-state index contributed by atoms with van der Waals surface area (Å²) < 4.78 is 4.65. The summed E-state index contributed by atoms with van der Waals surface area (Å²) >= 11 is 0. The fraction of sp³-hybridized carbons (Fsp3) is 0.0476. The molecule has 0 saturated carbocycles. The van der Waals surface area contributed by atoms with Gasteiger partial charge in [0.05, 0.1) is 33.5 Å². The Balaban J connectivity index is 0.971. The van der Waals surface area contributed by atoms with Crippen LogP contribution in [0.15, 0.2) is 237 Å². The minimum atomic E-state index is -0.0611. The number of allylic oxidation sites excluding steroid dienone is 4. The van der Waals surface area contributed by atoms with Crippen molar-refractivity contribution in [1.82, 2.24) is 29.1 Å². The highest BCUT2D eigenvalue weighted by Gasteiger charge is 2.29. The van der Waals surface area contributed by atoms with Gasteiger partial charge in [-0.3, -0.25) is 4.57 Å². The fourth-order valence-corrected chi connectivity index (χ4v) is 10.5. The molecule has 8 aromatic carbocycles. The van der Waals surface area contributed by atoms with Crippen LogP contribution < -0.4 is 0 Å². The van der Waals surface area contributed by atoms with E-state index in [0.29, 0.717) is 11.8 Å². The molecule has 0 aliphatic heterocycles. The van der Waals surface area contributed by atoms with E-state index in [1.54, 1.807) is 0 Å². The molecule has 0 bridgehead atoms. The Morgan fingerprint density at radius 1 is 0.391 bits per heavy atom. The molecule has 0 N–H and O–H groups in total. The van der Waals surface area contributed by atoms with E-state index in [4.69, 9.17) is 19.9 Å². The highest BCUT2D eigenvalue weighted by molar-refractivity contribution is 6.28. The zero-order valence-electron chi connectivity index (χ0n) is 37.9. The van der Waals surface area contributed by atoms with Gasteiger partial charge in [-0.25, -0.2) is 9.97 Å². The number of benzene rings is 8. The molecule has 0 spiro atoms. The van der Waals surface area contributed by atoms with E-state index >= 15 is 0 Å². The maximum atomic E-state index is 5.43. The number of nitrogens with zero attached hydrogens (tertiary/aromatic N) is 6. The van der Waals surface area contributed by atoms with Crippen LogP contribution >= 0.6 is 0 Å². The molecule has 4 heterocycles. The van der Waals surface area contributed by atoms with E-state index in [2.05, 4.69) is 222 Å². The van der Waals surface area contributed by atoms with Crippen LogP contribution in [0.1, 0.15) is 24.2 Å². The van der Waals surface area contributed by atoms with Gasteiger partial charge in [0, 0.05) is 49.8 Å². The summed E-state index contributed by atoms with van der Waals surface area (Å²) in [6.07, 6.45) is 6.62. The van der Waals surface area contributed by atoms with Crippen molar-refractivity contribution in [2.45, 2.75) is 12.8 Å². The second-order valence-corrected chi connectivity index (χ2v) is 17.8. The van der Waals surface area contributed by atoms with Gasteiger partial charge in [-0.1, -0.05) is 195 Å². The molecule has 2 atom stereocenters. The normalized spacial score (nSPS) is 14.8. The number of aromatic nitrogens is 6. The summed E-state index contributed by atoms with van der Waals surface area (Å²) in [7, 11) is 0. The van der Waals surface area contributed by atoms with Crippen molar-refractivity contribution in [2.24, 2.45) is 5.92 Å². The van der Waals surface area contributed by atoms with E-state index in [0.717, 1.165) is 83.6 Å². The number of hydrogen-bond donors (Lipinski definition) is 0. The predicted octanol–water partition coefficient (Wildman–Crippen LogP) is 15.5. The van der Waals surface area contributed by atoms with Crippen molar-refractivity contribution in [1.29, 1.82) is 0 Å². The smallest absolute Gasteiger partial charge is 0.238 e. The molecule has 6 nitrogen and oxygen atoms in total. The minimum Gasteiger partial charge on any atom is -0.309 e. The molecule has 0 radical (unpaired) electrons. The molecule has 1 aliphatic rings. The van der Waals surface area contributed by atoms with Crippen molar-refractivity contribution in [3.05, 3.63) is 248 Å². The van der Waals surface area contributed by atoms with Gasteiger partial charge in [0.2, 0.25) is 5.95 Å². The van der Waals surface area contributed by atoms with Crippen LogP contribution in [0.25, 0.3) is 106 Å². The first-order valence-corrected chi connectivity index (χ1v) is 23.6. The van der Waals surface area contributed by atoms with Crippen molar-refractivity contribution >= 4 is 49.2 Å². The lowest BCUT2D eigenvalue weighted by molar-refractivity contribution is 0.612. The largest absolute Gasteiger partial charge is 0.309 e. The van der Waals surface area contributed by atoms with Crippen LogP contribution in [-0.2, 0) is 0 Å². The highest BCUT2D eigenvalue weighted by Crippen LogP contribution is 2.44. The van der Waals surface area contributed by atoms with E-state index in [1.165, 1.54) is 21.9 Å². The van der Waals surface area contributed by atoms with Gasteiger partial charge < -0.3 is 4.57 Å². The van der Waals surface area contributed by atoms with Crippen molar-refractivity contribution in [3.63, 3.8) is 0 Å². The zero-order chi connectivity index (χ0) is 45.8. The van der Waals surface area contributed by atoms with Crippen molar-refractivity contribution in [3.8, 4) is 56.7 Å². The highest BCUT2D eigenvalue weighted by atomic mass is 15.2. The Morgan fingerprint density at radius 2 is 0.899 bits per heavy atom. The van der Waals surface area contributed by atoms with Crippen LogP contribution in [0.5, 0.6) is 0 Å². The monoisotopic (exact) mass is 884 g/mol. The van der Waals surface area contributed by atoms with Crippen molar-refractivity contribution in [2.75, 3.05) is 0 Å². The van der Waals surface area contributed by atoms with E-state index < -0.39 is 0 Å². The first-order valence-electron chi connectivity index (χ1n) is 23.6. The third kappa shape index (κ3) is 6.96. The molecular formula is C63H44N6. The Bertz CT molecular complexity index is 3890. The first kappa shape index (κ1) is 40.3. The molecule has 12 aromatic rings. The maximum absolute atomic E-state index is 5.43. The van der Waals surface area contributed by atoms with Gasteiger partial charge in [0.15, 0.2) is 5.82 Å². The quantitative estimate of drug-likeness (QED) is 0.152. The molecule has 0 amide bonds. The minimum absolute atomic E-state index is 0.0611. The Labute approximate surface area is 399 Å². The SMILES string of the molecule is CC1C(c2ccccc2)=CC=CC1c1nc(-c2ccccc2)nc(-n2c3ccccc3c3c4c5ccccc5n(-c5ccc(-c6cc(-c7ccccc7)nc(-c7ccccc7)c6)cc5)c4ccc32)n1. The van der Waals surface area contributed by atoms with Gasteiger partial charge in [0.25, 0.3) is 0 Å². The lowest BCUT2D eigenvalue weighted by Crippen LogP contribution is -2.18. The molecule has 6 heteroatoms. The maximum Gasteiger partial charge on any atom is 0.238 e. The number of hydrogen-bond acceptors (Lipinski definition) is 4. The van der Waals surface area contributed by atoms with Crippen LogP contribution in [0.4, 0.5) is 0 Å². The Kier molecular flexibility index (Phi) is 9.75. The molecule has 69 heavy (non-hydrogen) atoms. The van der Waals surface area contributed by atoms with Gasteiger partial charge in [-0.15, -0.1) is 0 Å². The zero-order valence-corrected chi connectivity index (χ0v) is 37.9. The molecule has 4 aromatic heterocycles. The predicted molar refractivity (Wildman–Crippen MR) is 284 cm³/mol. The molecule has 0 saturated heterocycles. The Morgan fingerprint density at radius 3 is 1.49 bits per heavy atom. The number of fused-ring (bicyclic) bond motifs is 7. The molecular weight excluding hydrogens is 841 g/mol. The average molecular weight is 885 g/mol. The fourth-order valence-electron chi connectivity index (χ4n) is 10.5. The van der Waals surface area contributed by atoms with Gasteiger partial charge in [-0.2, -0.15) is 9.97 Å². The lowest BCUT2D eigenvalue weighted by Gasteiger charge is -2.26. The molecule has 326 valence electrons. The second-order valence-electron chi connectivity index (χ2n) is 17.8. The summed E-state index contributed by atoms with van der Waals surface area (Å²) in [4.78, 5) is 21.1. The summed E-state index contributed by atoms with van der Waals surface area (Å²) in [6.45, 7) is 2.28. The van der Waals surface area contributed by atoms with Crippen molar-refractivity contribution < 1.29 is 0 Å². The van der Waals surface area contributed by atoms with Crippen LogP contribution in [0.3, 0.4) is 0 Å². The summed E-state index contributed by atoms with van der Waals surface area (Å²) in [6, 6.07) is 77.1. The number of rotatable bonds is 8. The second kappa shape index (κ2) is 16.7. The van der Waals surface area contributed by atoms with E-state index in [9.17, 15) is 0 Å². The standard InChI is InChI=1S/C63H44N6/c1-41-49(43-19-6-2-7-20-43)29-18-30-50(41)62-65-61(46-25-12-5-13-26-46)66-63(67-62)69-56-32-17-15-28-52(56)60-58(69)38-37-57-59(60)51-27-14-16-31-55(51)68(57)48-35-33-42(34-36-48)47-39-53(44-21-8-3-9-22-44)64-54(40-47)45-23-10-4-11-24-45/h2-41,50H,1H3. The van der Waals surface area contributed by atoms with Gasteiger partial charge >= 0.3 is 0 Å². The van der Waals surface area contributed by atoms with Crippen LogP contribution in [0.2, 0.25) is 0 Å². The molecule has 1 aliphatic carbocycles. The third-order valence-electron chi connectivity index (χ3n) is 13.8. The van der Waals surface area contributed by atoms with Gasteiger partial charge in [-0.05, 0) is 76.7 Å². The van der Waals surface area contributed by atoms with Crippen LogP contribution in [0, 0.1) is 5.92 Å². The number of para-hydroxylation sites is 2. The topological polar surface area (TPSA) is 61.4 Å². The first-order chi connectivity index (χ1) is 34.1. The molecule has 0 fully saturated rings. The summed E-state index contributed by atoms with van der Waals surface area (Å²) in [5.74, 6) is 2.07. The Hall–Kier alpha value is -9.00. The molecule has 2 unspecified atom stereocenters. The molecule has 13 rings (SSSR count). The summed E-state index contributed by atoms with van der Waals surface area (Å²) in [5.41, 5.74) is 15.2. The van der Waals surface area contributed by atoms with Crippen LogP contribution in [-0.4, -0.2) is 29.1 Å². The number of pyridine rings is 1. The van der Waals surface area contributed by atoms with E-state index in [1.807, 2.05) is 30.3 Å². The lowest BCUT2D eigenvalue weighted by atomic mass is 9.80. The summed E-state index contributed by atoms with van der Waals surface area (Å²) in [5, 5.41) is 4.68. The van der Waals surface area contributed by atoms with Gasteiger partial charge in [0.1, 0.15) is 5.82 Å².